The van der Waals surface area contributed by atoms with E-state index in [1.807, 2.05) is 12.1 Å². The third kappa shape index (κ3) is 3.38. The van der Waals surface area contributed by atoms with Crippen molar-refractivity contribution < 1.29 is 18.7 Å². The molecular formula is C19H16FNO3. The van der Waals surface area contributed by atoms with Crippen molar-refractivity contribution >= 4 is 5.97 Å². The second kappa shape index (κ2) is 6.32. The molecular weight excluding hydrogens is 309 g/mol. The smallest absolute Gasteiger partial charge is 0.313 e. The van der Waals surface area contributed by atoms with Crippen molar-refractivity contribution in [3.63, 3.8) is 0 Å². The lowest BCUT2D eigenvalue weighted by Crippen LogP contribution is -2.18. The van der Waals surface area contributed by atoms with Gasteiger partial charge in [0.2, 0.25) is 6.10 Å². The van der Waals surface area contributed by atoms with E-state index in [0.29, 0.717) is 11.3 Å². The topological polar surface area (TPSA) is 59.3 Å². The predicted octanol–water partition coefficient (Wildman–Crippen LogP) is 4.53. The lowest BCUT2D eigenvalue weighted by molar-refractivity contribution is -0.152. The molecule has 122 valence electrons. The molecule has 0 aromatic heterocycles. The van der Waals surface area contributed by atoms with Gasteiger partial charge in [-0.2, -0.15) is 5.26 Å². The lowest BCUT2D eigenvalue weighted by atomic mass is 10.1. The highest BCUT2D eigenvalue weighted by atomic mass is 19.1. The first-order chi connectivity index (χ1) is 11.5. The first-order valence-corrected chi connectivity index (χ1v) is 7.65. The Balaban J connectivity index is 1.81. The Morgan fingerprint density at radius 1 is 1.25 bits per heavy atom. The molecule has 0 N–H and O–H groups in total. The molecule has 0 saturated heterocycles. The number of hydrogen-bond acceptors (Lipinski definition) is 4. The SMILES string of the molecule is CC1(C(=O)O[C@@H](C#N)c2ccc(F)c(Oc3ccccc3)c2)CC1. The zero-order valence-electron chi connectivity index (χ0n) is 13.2. The maximum atomic E-state index is 14.0. The van der Waals surface area contributed by atoms with E-state index in [9.17, 15) is 14.4 Å². The Morgan fingerprint density at radius 3 is 2.58 bits per heavy atom. The summed E-state index contributed by atoms with van der Waals surface area (Å²) in [5, 5.41) is 9.30. The van der Waals surface area contributed by atoms with Crippen LogP contribution in [0.4, 0.5) is 4.39 Å². The summed E-state index contributed by atoms with van der Waals surface area (Å²) in [6, 6.07) is 14.7. The van der Waals surface area contributed by atoms with Crippen molar-refractivity contribution in [1.82, 2.24) is 0 Å². The Morgan fingerprint density at radius 2 is 1.96 bits per heavy atom. The second-order valence-corrected chi connectivity index (χ2v) is 6.08. The van der Waals surface area contributed by atoms with Crippen LogP contribution in [-0.4, -0.2) is 5.97 Å². The molecule has 0 bridgehead atoms. The van der Waals surface area contributed by atoms with Gasteiger partial charge in [0.1, 0.15) is 11.8 Å². The Bertz CT molecular complexity index is 794. The number of esters is 1. The first-order valence-electron chi connectivity index (χ1n) is 7.65. The number of carbonyl (C=O) groups is 1. The summed E-state index contributed by atoms with van der Waals surface area (Å²) in [5.41, 5.74) is -0.110. The Hall–Kier alpha value is -2.87. The maximum absolute atomic E-state index is 14.0. The first kappa shape index (κ1) is 16.0. The van der Waals surface area contributed by atoms with Crippen molar-refractivity contribution in [3.8, 4) is 17.6 Å². The van der Waals surface area contributed by atoms with Gasteiger partial charge in [-0.15, -0.1) is 0 Å². The molecule has 3 rings (SSSR count). The van der Waals surface area contributed by atoms with Gasteiger partial charge in [-0.3, -0.25) is 4.79 Å². The molecule has 4 nitrogen and oxygen atoms in total. The van der Waals surface area contributed by atoms with E-state index in [0.717, 1.165) is 12.8 Å². The molecule has 0 radical (unpaired) electrons. The molecule has 0 unspecified atom stereocenters. The van der Waals surface area contributed by atoms with Crippen LogP contribution in [0.15, 0.2) is 48.5 Å². The highest BCUT2D eigenvalue weighted by molar-refractivity contribution is 5.79. The summed E-state index contributed by atoms with van der Waals surface area (Å²) in [6.45, 7) is 1.80. The Kier molecular flexibility index (Phi) is 4.22. The van der Waals surface area contributed by atoms with Crippen LogP contribution in [0.2, 0.25) is 0 Å². The van der Waals surface area contributed by atoms with E-state index in [4.69, 9.17) is 9.47 Å². The molecule has 0 amide bonds. The number of rotatable bonds is 5. The fourth-order valence-corrected chi connectivity index (χ4v) is 2.19. The summed E-state index contributed by atoms with van der Waals surface area (Å²) >= 11 is 0. The fourth-order valence-electron chi connectivity index (χ4n) is 2.19. The van der Waals surface area contributed by atoms with Crippen molar-refractivity contribution in [2.24, 2.45) is 5.41 Å². The predicted molar refractivity (Wildman–Crippen MR) is 84.7 cm³/mol. The quantitative estimate of drug-likeness (QED) is 0.758. The Labute approximate surface area is 139 Å². The van der Waals surface area contributed by atoms with Crippen LogP contribution in [0.3, 0.4) is 0 Å². The monoisotopic (exact) mass is 325 g/mol. The van der Waals surface area contributed by atoms with E-state index in [-0.39, 0.29) is 5.75 Å². The van der Waals surface area contributed by atoms with Crippen LogP contribution in [0.1, 0.15) is 31.4 Å². The minimum Gasteiger partial charge on any atom is -0.454 e. The van der Waals surface area contributed by atoms with Crippen LogP contribution in [0, 0.1) is 22.6 Å². The molecule has 1 aliphatic rings. The normalized spacial score (nSPS) is 15.9. The van der Waals surface area contributed by atoms with Crippen LogP contribution >= 0.6 is 0 Å². The van der Waals surface area contributed by atoms with Gasteiger partial charge < -0.3 is 9.47 Å². The second-order valence-electron chi connectivity index (χ2n) is 6.08. The third-order valence-electron chi connectivity index (χ3n) is 4.06. The molecule has 2 aromatic rings. The zero-order chi connectivity index (χ0) is 17.2. The molecule has 1 atom stereocenters. The minimum atomic E-state index is -1.09. The number of hydrogen-bond donors (Lipinski definition) is 0. The third-order valence-corrected chi connectivity index (χ3v) is 4.06. The number of carbonyl (C=O) groups excluding carboxylic acids is 1. The van der Waals surface area contributed by atoms with Gasteiger partial charge in [0.25, 0.3) is 0 Å². The standard InChI is InChI=1S/C19H16FNO3/c1-19(9-10-19)18(22)24-17(12-21)13-7-8-15(20)16(11-13)23-14-5-3-2-4-6-14/h2-8,11,17H,9-10H2,1H3/t17-/m0/s1. The van der Waals surface area contributed by atoms with Gasteiger partial charge in [0.15, 0.2) is 11.6 Å². The van der Waals surface area contributed by atoms with Crippen molar-refractivity contribution in [2.75, 3.05) is 0 Å². The van der Waals surface area contributed by atoms with Crippen LogP contribution in [-0.2, 0) is 9.53 Å². The number of nitrogens with zero attached hydrogens (tertiary/aromatic N) is 1. The van der Waals surface area contributed by atoms with Gasteiger partial charge >= 0.3 is 5.97 Å². The average molecular weight is 325 g/mol. The summed E-state index contributed by atoms with van der Waals surface area (Å²) in [5.74, 6) is -0.499. The van der Waals surface area contributed by atoms with E-state index in [2.05, 4.69) is 0 Å². The summed E-state index contributed by atoms with van der Waals surface area (Å²) < 4.78 is 24.8. The minimum absolute atomic E-state index is 0.0207. The highest BCUT2D eigenvalue weighted by Crippen LogP contribution is 2.47. The van der Waals surface area contributed by atoms with Gasteiger partial charge in [-0.1, -0.05) is 24.3 Å². The fraction of sp³-hybridized carbons (Fsp3) is 0.263. The maximum Gasteiger partial charge on any atom is 0.313 e. The molecule has 1 aliphatic carbocycles. The summed E-state index contributed by atoms with van der Waals surface area (Å²) in [7, 11) is 0. The molecule has 5 heteroatoms. The van der Waals surface area contributed by atoms with E-state index >= 15 is 0 Å². The summed E-state index contributed by atoms with van der Waals surface area (Å²) in [6.07, 6.45) is 0.430. The molecule has 0 spiro atoms. The number of para-hydroxylation sites is 1. The van der Waals surface area contributed by atoms with E-state index in [1.165, 1.54) is 18.2 Å². The van der Waals surface area contributed by atoms with E-state index < -0.39 is 23.3 Å². The molecule has 0 aliphatic heterocycles. The average Bonchev–Trinajstić information content (AvgIpc) is 3.34. The number of benzene rings is 2. The number of ether oxygens (including phenoxy) is 2. The van der Waals surface area contributed by atoms with Gasteiger partial charge in [0, 0.05) is 5.56 Å². The molecule has 1 saturated carbocycles. The molecule has 24 heavy (non-hydrogen) atoms. The molecule has 0 heterocycles. The van der Waals surface area contributed by atoms with Crippen molar-refractivity contribution in [1.29, 1.82) is 5.26 Å². The summed E-state index contributed by atoms with van der Waals surface area (Å²) in [4.78, 5) is 12.0. The number of halogens is 1. The van der Waals surface area contributed by atoms with Crippen molar-refractivity contribution in [2.45, 2.75) is 25.9 Å². The van der Waals surface area contributed by atoms with Crippen LogP contribution in [0.5, 0.6) is 11.5 Å². The molecule has 1 fully saturated rings. The zero-order valence-corrected chi connectivity index (χ0v) is 13.2. The lowest BCUT2D eigenvalue weighted by Gasteiger charge is -2.15. The van der Waals surface area contributed by atoms with Gasteiger partial charge in [0.05, 0.1) is 5.41 Å². The molecule has 2 aromatic carbocycles. The van der Waals surface area contributed by atoms with Gasteiger partial charge in [-0.25, -0.2) is 4.39 Å². The van der Waals surface area contributed by atoms with Crippen molar-refractivity contribution in [3.05, 3.63) is 59.9 Å². The number of nitriles is 1. The highest BCUT2D eigenvalue weighted by Gasteiger charge is 2.47. The van der Waals surface area contributed by atoms with Gasteiger partial charge in [-0.05, 0) is 44.0 Å². The largest absolute Gasteiger partial charge is 0.454 e. The van der Waals surface area contributed by atoms with E-state index in [1.54, 1.807) is 31.2 Å². The van der Waals surface area contributed by atoms with Crippen LogP contribution < -0.4 is 4.74 Å². The van der Waals surface area contributed by atoms with Crippen LogP contribution in [0.25, 0.3) is 0 Å².